The molecule has 14 heavy (non-hydrogen) atoms. The summed E-state index contributed by atoms with van der Waals surface area (Å²) < 4.78 is 4.67. The van der Waals surface area contributed by atoms with Gasteiger partial charge in [-0.1, -0.05) is 13.5 Å². The van der Waals surface area contributed by atoms with E-state index in [0.717, 1.165) is 12.1 Å². The first kappa shape index (κ1) is 12.7. The maximum absolute atomic E-state index is 11.2. The number of ether oxygens (including phenoxy) is 1. The molecule has 0 heterocycles. The van der Waals surface area contributed by atoms with E-state index >= 15 is 0 Å². The molecule has 0 aliphatic carbocycles. The van der Waals surface area contributed by atoms with Gasteiger partial charge >= 0.3 is 5.97 Å². The molecule has 0 saturated heterocycles. The monoisotopic (exact) mass is 198 g/mol. The molecule has 1 atom stereocenters. The molecule has 0 fully saturated rings. The number of carbonyl (C=O) groups is 1. The molecule has 0 aromatic carbocycles. The van der Waals surface area contributed by atoms with Gasteiger partial charge in [0.05, 0.1) is 19.4 Å². The third-order valence-electron chi connectivity index (χ3n) is 1.92. The number of hydrogen-bond acceptors (Lipinski definition) is 3. The Balaban J connectivity index is 4.04. The van der Waals surface area contributed by atoms with Gasteiger partial charge < -0.3 is 10.1 Å². The molecule has 0 aliphatic heterocycles. The minimum atomic E-state index is -0.191. The number of esters is 1. The molecular weight excluding hydrogens is 180 g/mol. The quantitative estimate of drug-likeness (QED) is 0.398. The topological polar surface area (TPSA) is 50.7 Å². The van der Waals surface area contributed by atoms with Crippen LogP contribution in [0.4, 0.5) is 0 Å². The van der Waals surface area contributed by atoms with Crippen LogP contribution in [-0.4, -0.2) is 26.5 Å². The van der Waals surface area contributed by atoms with Gasteiger partial charge in [-0.2, -0.15) is 0 Å². The summed E-state index contributed by atoms with van der Waals surface area (Å²) in [5.41, 5.74) is 0.771. The van der Waals surface area contributed by atoms with Crippen LogP contribution in [0.5, 0.6) is 0 Å². The molecule has 0 aromatic rings. The fourth-order valence-electron chi connectivity index (χ4n) is 1.07. The second-order valence-electron chi connectivity index (χ2n) is 2.97. The number of rotatable bonds is 6. The average molecular weight is 198 g/mol. The number of nitrogens with zero attached hydrogens (tertiary/aromatic N) is 1. The summed E-state index contributed by atoms with van der Waals surface area (Å²) in [6.07, 6.45) is 2.87. The van der Waals surface area contributed by atoms with Gasteiger partial charge in [0, 0.05) is 19.2 Å². The Hall–Kier alpha value is -1.32. The highest BCUT2D eigenvalue weighted by molar-refractivity contribution is 5.72. The van der Waals surface area contributed by atoms with Crippen molar-refractivity contribution in [2.24, 2.45) is 10.9 Å². The van der Waals surface area contributed by atoms with Crippen molar-refractivity contribution in [3.63, 3.8) is 0 Å². The molecule has 1 N–H and O–H groups in total. The second-order valence-corrected chi connectivity index (χ2v) is 2.97. The molecule has 0 bridgehead atoms. The zero-order valence-corrected chi connectivity index (χ0v) is 9.04. The van der Waals surface area contributed by atoms with Crippen LogP contribution in [0.3, 0.4) is 0 Å². The highest BCUT2D eigenvalue weighted by atomic mass is 16.5. The highest BCUT2D eigenvalue weighted by Crippen LogP contribution is 2.13. The van der Waals surface area contributed by atoms with Crippen LogP contribution in [0.2, 0.25) is 0 Å². The van der Waals surface area contributed by atoms with Crippen molar-refractivity contribution in [1.29, 1.82) is 0 Å². The number of carbonyl (C=O) groups excluding carboxylic acids is 1. The van der Waals surface area contributed by atoms with Crippen LogP contribution < -0.4 is 5.32 Å². The predicted octanol–water partition coefficient (Wildman–Crippen LogP) is 1.34. The lowest BCUT2D eigenvalue weighted by Gasteiger charge is -2.13. The number of hydrogen-bond donors (Lipinski definition) is 1. The summed E-state index contributed by atoms with van der Waals surface area (Å²) in [5.74, 6) is -0.311. The first-order valence-corrected chi connectivity index (χ1v) is 4.58. The van der Waals surface area contributed by atoms with Crippen molar-refractivity contribution in [2.75, 3.05) is 14.2 Å². The zero-order chi connectivity index (χ0) is 11.0. The molecule has 1 unspecified atom stereocenters. The Labute approximate surface area is 85.1 Å². The minimum Gasteiger partial charge on any atom is -0.469 e. The first-order chi connectivity index (χ1) is 6.65. The summed E-state index contributed by atoms with van der Waals surface area (Å²) in [5, 5.41) is 2.88. The molecule has 0 saturated carbocycles. The molecule has 0 spiro atoms. The summed E-state index contributed by atoms with van der Waals surface area (Å²) in [4.78, 5) is 15.0. The van der Waals surface area contributed by atoms with Crippen LogP contribution >= 0.6 is 0 Å². The Kier molecular flexibility index (Phi) is 6.45. The number of allylic oxidation sites excluding steroid dienone is 1. The van der Waals surface area contributed by atoms with E-state index in [1.165, 1.54) is 7.11 Å². The van der Waals surface area contributed by atoms with Crippen molar-refractivity contribution in [1.82, 2.24) is 5.32 Å². The van der Waals surface area contributed by atoms with Gasteiger partial charge in [-0.25, -0.2) is 0 Å². The Bertz CT molecular complexity index is 224. The lowest BCUT2D eigenvalue weighted by Crippen LogP contribution is -2.20. The van der Waals surface area contributed by atoms with Crippen molar-refractivity contribution in [2.45, 2.75) is 19.8 Å². The lowest BCUT2D eigenvalue weighted by atomic mass is 10.0. The van der Waals surface area contributed by atoms with Crippen LogP contribution in [0, 0.1) is 5.92 Å². The van der Waals surface area contributed by atoms with E-state index in [0.29, 0.717) is 6.42 Å². The van der Waals surface area contributed by atoms with E-state index in [-0.39, 0.29) is 11.9 Å². The molecule has 0 rings (SSSR count). The molecule has 4 nitrogen and oxygen atoms in total. The zero-order valence-electron chi connectivity index (χ0n) is 9.04. The van der Waals surface area contributed by atoms with Crippen molar-refractivity contribution in [3.8, 4) is 0 Å². The van der Waals surface area contributed by atoms with Gasteiger partial charge in [0.2, 0.25) is 0 Å². The van der Waals surface area contributed by atoms with Gasteiger partial charge in [-0.3, -0.25) is 9.79 Å². The standard InChI is InChI=1S/C10H18N2O2/c1-5-9(10(13)14-4)6-8(2)12-7-11-3/h7,9H,2,5-6H2,1,3-4H3,(H,11,12). The number of methoxy groups -OCH3 is 1. The van der Waals surface area contributed by atoms with Gasteiger partial charge in [-0.05, 0) is 6.42 Å². The Morgan fingerprint density at radius 2 is 2.36 bits per heavy atom. The van der Waals surface area contributed by atoms with E-state index in [1.54, 1.807) is 13.4 Å². The molecule has 0 aliphatic rings. The van der Waals surface area contributed by atoms with Crippen LogP contribution in [0.25, 0.3) is 0 Å². The maximum Gasteiger partial charge on any atom is 0.309 e. The van der Waals surface area contributed by atoms with Crippen LogP contribution in [-0.2, 0) is 9.53 Å². The first-order valence-electron chi connectivity index (χ1n) is 4.58. The molecule has 80 valence electrons. The van der Waals surface area contributed by atoms with Crippen LogP contribution in [0.15, 0.2) is 17.3 Å². The smallest absolute Gasteiger partial charge is 0.309 e. The number of nitrogens with one attached hydrogen (secondary N) is 1. The summed E-state index contributed by atoms with van der Waals surface area (Å²) in [6.45, 7) is 5.73. The van der Waals surface area contributed by atoms with Crippen LogP contribution in [0.1, 0.15) is 19.8 Å². The number of aliphatic imine (C=N–C) groups is 1. The van der Waals surface area contributed by atoms with Crippen molar-refractivity contribution < 1.29 is 9.53 Å². The Morgan fingerprint density at radius 3 is 2.79 bits per heavy atom. The van der Waals surface area contributed by atoms with Gasteiger partial charge in [0.25, 0.3) is 0 Å². The van der Waals surface area contributed by atoms with E-state index in [9.17, 15) is 4.79 Å². The van der Waals surface area contributed by atoms with Crippen molar-refractivity contribution >= 4 is 12.3 Å². The Morgan fingerprint density at radius 1 is 1.71 bits per heavy atom. The van der Waals surface area contributed by atoms with E-state index in [1.807, 2.05) is 6.92 Å². The van der Waals surface area contributed by atoms with Gasteiger partial charge in [-0.15, -0.1) is 0 Å². The van der Waals surface area contributed by atoms with Gasteiger partial charge in [0.15, 0.2) is 0 Å². The maximum atomic E-state index is 11.2. The van der Waals surface area contributed by atoms with E-state index in [4.69, 9.17) is 0 Å². The van der Waals surface area contributed by atoms with Gasteiger partial charge in [0.1, 0.15) is 0 Å². The fraction of sp³-hybridized carbons (Fsp3) is 0.600. The SMILES string of the molecule is C=C(CC(CC)C(=O)OC)NC=NC. The largest absolute Gasteiger partial charge is 0.469 e. The molecular formula is C10H18N2O2. The summed E-state index contributed by atoms with van der Waals surface area (Å²) in [7, 11) is 3.06. The van der Waals surface area contributed by atoms with Crippen molar-refractivity contribution in [3.05, 3.63) is 12.3 Å². The predicted molar refractivity (Wildman–Crippen MR) is 57.1 cm³/mol. The minimum absolute atomic E-state index is 0.120. The highest BCUT2D eigenvalue weighted by Gasteiger charge is 2.17. The average Bonchev–Trinajstić information content (AvgIpc) is 2.21. The lowest BCUT2D eigenvalue weighted by molar-refractivity contribution is -0.145. The van der Waals surface area contributed by atoms with E-state index < -0.39 is 0 Å². The fourth-order valence-corrected chi connectivity index (χ4v) is 1.07. The molecule has 0 amide bonds. The second kappa shape index (κ2) is 7.12. The molecule has 0 aromatic heterocycles. The molecule has 4 heteroatoms. The third-order valence-corrected chi connectivity index (χ3v) is 1.92. The van der Waals surface area contributed by atoms with E-state index in [2.05, 4.69) is 21.6 Å². The third kappa shape index (κ3) is 4.64. The molecule has 0 radical (unpaired) electrons. The summed E-state index contributed by atoms with van der Waals surface area (Å²) in [6, 6.07) is 0. The normalized spacial score (nSPS) is 12.5. The summed E-state index contributed by atoms with van der Waals surface area (Å²) >= 11 is 0.